The van der Waals surface area contributed by atoms with Crippen molar-refractivity contribution < 1.29 is 13.2 Å². The molecule has 11 heteroatoms. The predicted octanol–water partition coefficient (Wildman–Crippen LogP) is 2.73. The van der Waals surface area contributed by atoms with Crippen LogP contribution in [-0.2, 0) is 16.6 Å². The maximum Gasteiger partial charge on any atom is 0.214 e. The number of rotatable bonds is 5. The van der Waals surface area contributed by atoms with Gasteiger partial charge in [0.25, 0.3) is 0 Å². The number of imidazole rings is 1. The Morgan fingerprint density at radius 2 is 2.09 bits per heavy atom. The van der Waals surface area contributed by atoms with Crippen LogP contribution in [0.3, 0.4) is 0 Å². The molecule has 1 aliphatic rings. The summed E-state index contributed by atoms with van der Waals surface area (Å²) >= 11 is 0. The van der Waals surface area contributed by atoms with Crippen molar-refractivity contribution in [2.75, 3.05) is 12.3 Å². The summed E-state index contributed by atoms with van der Waals surface area (Å²) in [5, 5.41) is 16.3. The van der Waals surface area contributed by atoms with Crippen LogP contribution in [0.4, 0.5) is 0 Å². The Labute approximate surface area is 195 Å². The lowest BCUT2D eigenvalue weighted by molar-refractivity contribution is 0.101. The molecule has 34 heavy (non-hydrogen) atoms. The van der Waals surface area contributed by atoms with Crippen LogP contribution in [0.15, 0.2) is 36.7 Å². The Kier molecular flexibility index (Phi) is 5.27. The van der Waals surface area contributed by atoms with E-state index in [9.17, 15) is 18.5 Å². The summed E-state index contributed by atoms with van der Waals surface area (Å²) in [7, 11) is -3.21. The number of aryl methyl sites for hydroxylation is 1. The summed E-state index contributed by atoms with van der Waals surface area (Å²) in [5.74, 6) is 0.515. The number of ketones is 1. The van der Waals surface area contributed by atoms with Gasteiger partial charge in [-0.3, -0.25) is 14.5 Å². The Hall–Kier alpha value is -3.88. The molecule has 3 aromatic heterocycles. The molecule has 4 heterocycles. The number of pyridine rings is 1. The highest BCUT2D eigenvalue weighted by molar-refractivity contribution is 7.89. The quantitative estimate of drug-likeness (QED) is 0.438. The molecular weight excluding hydrogens is 454 g/mol. The van der Waals surface area contributed by atoms with E-state index in [1.807, 2.05) is 24.3 Å². The van der Waals surface area contributed by atoms with Gasteiger partial charge < -0.3 is 0 Å². The molecule has 4 aromatic rings. The normalized spacial score (nSPS) is 15.6. The smallest absolute Gasteiger partial charge is 0.214 e. The molecule has 1 N–H and O–H groups in total. The number of hydrogen-bond acceptors (Lipinski definition) is 7. The minimum absolute atomic E-state index is 0.161. The lowest BCUT2D eigenvalue weighted by Crippen LogP contribution is -2.25. The van der Waals surface area contributed by atoms with Crippen molar-refractivity contribution in [2.24, 2.45) is 0 Å². The molecule has 5 rings (SSSR count). The second kappa shape index (κ2) is 8.16. The number of nitrogens with one attached hydrogen (secondary N) is 1. The zero-order chi connectivity index (χ0) is 24.0. The molecule has 0 bridgehead atoms. The van der Waals surface area contributed by atoms with E-state index >= 15 is 0 Å². The van der Waals surface area contributed by atoms with Crippen LogP contribution in [0, 0.1) is 18.3 Å². The predicted molar refractivity (Wildman–Crippen MR) is 125 cm³/mol. The molecule has 0 saturated carbocycles. The van der Waals surface area contributed by atoms with Crippen molar-refractivity contribution in [3.8, 4) is 23.1 Å². The van der Waals surface area contributed by atoms with E-state index in [1.54, 1.807) is 30.0 Å². The number of aromatic amines is 1. The van der Waals surface area contributed by atoms with E-state index in [4.69, 9.17) is 4.98 Å². The minimum atomic E-state index is -3.21. The molecule has 0 unspecified atom stereocenters. The van der Waals surface area contributed by atoms with Crippen LogP contribution in [0.1, 0.15) is 40.7 Å². The molecule has 172 valence electrons. The monoisotopic (exact) mass is 475 g/mol. The van der Waals surface area contributed by atoms with E-state index in [0.29, 0.717) is 47.8 Å². The number of Topliss-reactive ketones (excluding diaryl/α,β-unsaturated/α-hetero) is 1. The molecule has 0 spiro atoms. The van der Waals surface area contributed by atoms with Crippen LogP contribution in [0.2, 0.25) is 0 Å². The average molecular weight is 476 g/mol. The standard InChI is InChI=1S/C23H21N7O3S/c1-14-22(19(11-24)28-27-14)23-17(15(2)31)5-7-21(26-23)30-13-25-18-6-4-16(10-20(18)30)12-29-8-3-9-34(29,32)33/h4-7,10,13H,3,8-9,12H2,1-2H3,(H,27,28). The fourth-order valence-electron chi connectivity index (χ4n) is 4.26. The summed E-state index contributed by atoms with van der Waals surface area (Å²) in [4.78, 5) is 21.5. The number of benzene rings is 1. The number of hydrogen-bond donors (Lipinski definition) is 1. The van der Waals surface area contributed by atoms with Crippen molar-refractivity contribution in [1.82, 2.24) is 29.0 Å². The van der Waals surface area contributed by atoms with Gasteiger partial charge in [-0.2, -0.15) is 14.7 Å². The lowest BCUT2D eigenvalue weighted by Gasteiger charge is -2.14. The average Bonchev–Trinajstić information content (AvgIpc) is 3.49. The van der Waals surface area contributed by atoms with E-state index in [2.05, 4.69) is 15.2 Å². The van der Waals surface area contributed by atoms with Gasteiger partial charge in [0.15, 0.2) is 11.5 Å². The molecule has 1 fully saturated rings. The second-order valence-electron chi connectivity index (χ2n) is 8.25. The first kappa shape index (κ1) is 21.9. The van der Waals surface area contributed by atoms with Crippen molar-refractivity contribution in [3.05, 3.63) is 59.2 Å². The van der Waals surface area contributed by atoms with Crippen molar-refractivity contribution >= 4 is 26.8 Å². The molecule has 1 aromatic carbocycles. The van der Waals surface area contributed by atoms with Crippen LogP contribution in [0.25, 0.3) is 28.1 Å². The van der Waals surface area contributed by atoms with Gasteiger partial charge in [0, 0.05) is 24.3 Å². The number of nitrogens with zero attached hydrogens (tertiary/aromatic N) is 6. The van der Waals surface area contributed by atoms with E-state index in [1.165, 1.54) is 11.2 Å². The fraction of sp³-hybridized carbons (Fsp3) is 0.261. The highest BCUT2D eigenvalue weighted by Gasteiger charge is 2.28. The molecule has 1 saturated heterocycles. The van der Waals surface area contributed by atoms with E-state index in [0.717, 1.165) is 16.6 Å². The molecular formula is C23H21N7O3S. The number of H-pyrrole nitrogens is 1. The Balaban J connectivity index is 1.62. The van der Waals surface area contributed by atoms with E-state index in [-0.39, 0.29) is 17.2 Å². The van der Waals surface area contributed by atoms with Crippen LogP contribution in [0.5, 0.6) is 0 Å². The number of fused-ring (bicyclic) bond motifs is 1. The van der Waals surface area contributed by atoms with Crippen molar-refractivity contribution in [2.45, 2.75) is 26.8 Å². The number of carbonyl (C=O) groups excluding carboxylic acids is 1. The van der Waals surface area contributed by atoms with Gasteiger partial charge in [-0.15, -0.1) is 0 Å². The third-order valence-electron chi connectivity index (χ3n) is 5.97. The number of nitriles is 1. The molecule has 0 radical (unpaired) electrons. The molecule has 1 aliphatic heterocycles. The lowest BCUT2D eigenvalue weighted by atomic mass is 10.0. The largest absolute Gasteiger partial charge is 0.294 e. The van der Waals surface area contributed by atoms with Gasteiger partial charge in [-0.25, -0.2) is 18.4 Å². The summed E-state index contributed by atoms with van der Waals surface area (Å²) in [6.45, 7) is 4.03. The number of carbonyl (C=O) groups is 1. The first-order valence-electron chi connectivity index (χ1n) is 10.7. The Bertz CT molecular complexity index is 1590. The van der Waals surface area contributed by atoms with Crippen LogP contribution in [-0.4, -0.2) is 55.5 Å². The summed E-state index contributed by atoms with van der Waals surface area (Å²) in [6, 6.07) is 11.1. The third kappa shape index (κ3) is 3.67. The fourth-order valence-corrected chi connectivity index (χ4v) is 5.77. The SMILES string of the molecule is CC(=O)c1ccc(-n2cnc3ccc(CN4CCCS4(=O)=O)cc32)nc1-c1c(C#N)n[nH]c1C. The summed E-state index contributed by atoms with van der Waals surface area (Å²) in [5.41, 5.74) is 4.36. The van der Waals surface area contributed by atoms with Gasteiger partial charge in [-0.1, -0.05) is 6.07 Å². The zero-order valence-corrected chi connectivity index (χ0v) is 19.4. The maximum atomic E-state index is 12.3. The summed E-state index contributed by atoms with van der Waals surface area (Å²) < 4.78 is 27.7. The van der Waals surface area contributed by atoms with Crippen LogP contribution >= 0.6 is 0 Å². The second-order valence-corrected chi connectivity index (χ2v) is 10.3. The Morgan fingerprint density at radius 3 is 2.79 bits per heavy atom. The first-order valence-corrected chi connectivity index (χ1v) is 12.3. The molecule has 0 aliphatic carbocycles. The highest BCUT2D eigenvalue weighted by atomic mass is 32.2. The highest BCUT2D eigenvalue weighted by Crippen LogP contribution is 2.30. The minimum Gasteiger partial charge on any atom is -0.294 e. The van der Waals surface area contributed by atoms with Crippen LogP contribution < -0.4 is 0 Å². The Morgan fingerprint density at radius 1 is 1.26 bits per heavy atom. The van der Waals surface area contributed by atoms with Gasteiger partial charge in [0.1, 0.15) is 18.2 Å². The molecule has 10 nitrogen and oxygen atoms in total. The van der Waals surface area contributed by atoms with Crippen molar-refractivity contribution in [3.63, 3.8) is 0 Å². The van der Waals surface area contributed by atoms with Gasteiger partial charge >= 0.3 is 0 Å². The number of aromatic nitrogens is 5. The van der Waals surface area contributed by atoms with Gasteiger partial charge in [0.05, 0.1) is 28.0 Å². The number of sulfonamides is 1. The van der Waals surface area contributed by atoms with E-state index < -0.39 is 10.0 Å². The molecule has 0 atom stereocenters. The zero-order valence-electron chi connectivity index (χ0n) is 18.6. The summed E-state index contributed by atoms with van der Waals surface area (Å²) in [6.07, 6.45) is 2.27. The topological polar surface area (TPSA) is 138 Å². The van der Waals surface area contributed by atoms with Crippen molar-refractivity contribution in [1.29, 1.82) is 5.26 Å². The first-order chi connectivity index (χ1) is 16.3. The van der Waals surface area contributed by atoms with Gasteiger partial charge in [-0.05, 0) is 50.1 Å². The molecule has 0 amide bonds. The maximum absolute atomic E-state index is 12.3. The van der Waals surface area contributed by atoms with Gasteiger partial charge in [0.2, 0.25) is 10.0 Å². The third-order valence-corrected chi connectivity index (χ3v) is 7.87.